The summed E-state index contributed by atoms with van der Waals surface area (Å²) in [5.41, 5.74) is 0.646. The van der Waals surface area contributed by atoms with Crippen molar-refractivity contribution in [2.45, 2.75) is 23.5 Å². The SMILES string of the molecule is COc1ccc(OC)c2sc(N(CCCN(C)C)C(=O)C3CCCN(S(=O)(=O)c4cccs4)C3)nc12. The van der Waals surface area contributed by atoms with Crippen LogP contribution in [0.2, 0.25) is 0 Å². The molecule has 1 aliphatic rings. The van der Waals surface area contributed by atoms with Gasteiger partial charge in [0.15, 0.2) is 5.13 Å². The van der Waals surface area contributed by atoms with E-state index in [-0.39, 0.29) is 12.5 Å². The van der Waals surface area contributed by atoms with Crippen molar-refractivity contribution in [3.63, 3.8) is 0 Å². The molecule has 0 radical (unpaired) electrons. The van der Waals surface area contributed by atoms with E-state index in [9.17, 15) is 13.2 Å². The van der Waals surface area contributed by atoms with E-state index in [0.717, 1.165) is 17.7 Å². The molecule has 3 aromatic rings. The Balaban J connectivity index is 1.65. The number of aromatic nitrogens is 1. The molecule has 36 heavy (non-hydrogen) atoms. The Morgan fingerprint density at radius 2 is 1.92 bits per heavy atom. The van der Waals surface area contributed by atoms with Gasteiger partial charge in [-0.15, -0.1) is 11.3 Å². The second-order valence-corrected chi connectivity index (χ2v) is 13.0. The first kappa shape index (κ1) is 26.8. The molecule has 2 aromatic heterocycles. The third-order valence-corrected chi connectivity index (χ3v) is 10.5. The fraction of sp³-hybridized carbons (Fsp3) is 0.500. The minimum atomic E-state index is -3.61. The van der Waals surface area contributed by atoms with Gasteiger partial charge in [0.1, 0.15) is 25.9 Å². The molecule has 1 unspecified atom stereocenters. The Bertz CT molecular complexity index is 1250. The maximum absolute atomic E-state index is 13.9. The molecule has 1 amide bonds. The third kappa shape index (κ3) is 5.52. The van der Waals surface area contributed by atoms with Crippen LogP contribution in [0.15, 0.2) is 33.9 Å². The minimum absolute atomic E-state index is 0.100. The third-order valence-electron chi connectivity index (χ3n) is 6.21. The van der Waals surface area contributed by atoms with E-state index in [1.54, 1.807) is 42.7 Å². The molecule has 12 heteroatoms. The van der Waals surface area contributed by atoms with Crippen molar-refractivity contribution in [3.05, 3.63) is 29.6 Å². The quantitative estimate of drug-likeness (QED) is 0.378. The number of anilines is 1. The lowest BCUT2D eigenvalue weighted by atomic mass is 9.98. The summed E-state index contributed by atoms with van der Waals surface area (Å²) < 4.78 is 39.9. The minimum Gasteiger partial charge on any atom is -0.495 e. The molecule has 0 saturated carbocycles. The van der Waals surface area contributed by atoms with E-state index >= 15 is 0 Å². The van der Waals surface area contributed by atoms with Gasteiger partial charge >= 0.3 is 0 Å². The van der Waals surface area contributed by atoms with Gasteiger partial charge in [0.25, 0.3) is 10.0 Å². The summed E-state index contributed by atoms with van der Waals surface area (Å²) >= 11 is 2.58. The van der Waals surface area contributed by atoms with Crippen LogP contribution in [-0.4, -0.2) is 83.0 Å². The van der Waals surface area contributed by atoms with Crippen molar-refractivity contribution in [2.75, 3.05) is 59.4 Å². The van der Waals surface area contributed by atoms with Gasteiger partial charge in [0, 0.05) is 19.6 Å². The second-order valence-electron chi connectivity index (χ2n) is 8.93. The summed E-state index contributed by atoms with van der Waals surface area (Å²) in [7, 11) is 3.57. The number of rotatable bonds is 10. The molecule has 0 N–H and O–H groups in total. The number of sulfonamides is 1. The van der Waals surface area contributed by atoms with Crippen molar-refractivity contribution >= 4 is 54.0 Å². The van der Waals surface area contributed by atoms with Gasteiger partial charge in [-0.1, -0.05) is 17.4 Å². The molecule has 3 heterocycles. The number of amides is 1. The number of carbonyl (C=O) groups excluding carboxylic acids is 1. The van der Waals surface area contributed by atoms with Crippen LogP contribution in [0.1, 0.15) is 19.3 Å². The van der Waals surface area contributed by atoms with E-state index in [0.29, 0.717) is 52.3 Å². The number of thiazole rings is 1. The summed E-state index contributed by atoms with van der Waals surface area (Å²) in [5, 5.41) is 2.32. The highest BCUT2D eigenvalue weighted by Crippen LogP contribution is 2.41. The van der Waals surface area contributed by atoms with Gasteiger partial charge in [0.2, 0.25) is 5.91 Å². The first-order chi connectivity index (χ1) is 17.3. The van der Waals surface area contributed by atoms with Crippen molar-refractivity contribution < 1.29 is 22.7 Å². The monoisotopic (exact) mass is 552 g/mol. The number of ether oxygens (including phenoxy) is 2. The number of hydrogen-bond acceptors (Lipinski definition) is 9. The van der Waals surface area contributed by atoms with Gasteiger partial charge in [0.05, 0.1) is 20.1 Å². The fourth-order valence-corrected chi connectivity index (χ4v) is 8.13. The van der Waals surface area contributed by atoms with Crippen LogP contribution in [-0.2, 0) is 14.8 Å². The fourth-order valence-electron chi connectivity index (χ4n) is 4.36. The van der Waals surface area contributed by atoms with Crippen molar-refractivity contribution in [2.24, 2.45) is 5.92 Å². The lowest BCUT2D eigenvalue weighted by molar-refractivity contribution is -0.123. The topological polar surface area (TPSA) is 92.3 Å². The predicted octanol–water partition coefficient (Wildman–Crippen LogP) is 3.76. The van der Waals surface area contributed by atoms with Crippen LogP contribution in [0.4, 0.5) is 5.13 Å². The Morgan fingerprint density at radius 1 is 1.17 bits per heavy atom. The van der Waals surface area contributed by atoms with E-state index in [1.807, 2.05) is 20.2 Å². The van der Waals surface area contributed by atoms with E-state index in [4.69, 9.17) is 14.5 Å². The Labute approximate surface area is 220 Å². The van der Waals surface area contributed by atoms with E-state index in [2.05, 4.69) is 4.90 Å². The lowest BCUT2D eigenvalue weighted by Crippen LogP contribution is -2.47. The Hall–Kier alpha value is -2.25. The van der Waals surface area contributed by atoms with Crippen molar-refractivity contribution in [3.8, 4) is 11.5 Å². The normalized spacial score (nSPS) is 17.0. The molecule has 1 fully saturated rings. The van der Waals surface area contributed by atoms with E-state index < -0.39 is 15.9 Å². The molecule has 0 spiro atoms. The van der Waals surface area contributed by atoms with Crippen LogP contribution < -0.4 is 14.4 Å². The number of methoxy groups -OCH3 is 2. The molecule has 1 atom stereocenters. The van der Waals surface area contributed by atoms with Gasteiger partial charge in [-0.2, -0.15) is 4.31 Å². The largest absolute Gasteiger partial charge is 0.495 e. The maximum atomic E-state index is 13.9. The number of fused-ring (bicyclic) bond motifs is 1. The van der Waals surface area contributed by atoms with Crippen LogP contribution >= 0.6 is 22.7 Å². The second kappa shape index (κ2) is 11.4. The van der Waals surface area contributed by atoms with Crippen LogP contribution in [0.3, 0.4) is 0 Å². The molecule has 1 saturated heterocycles. The Morgan fingerprint density at radius 3 is 2.58 bits per heavy atom. The molecule has 1 aromatic carbocycles. The van der Waals surface area contributed by atoms with E-state index in [1.165, 1.54) is 27.0 Å². The highest BCUT2D eigenvalue weighted by atomic mass is 32.2. The first-order valence-corrected chi connectivity index (χ1v) is 14.9. The van der Waals surface area contributed by atoms with Gasteiger partial charge in [-0.3, -0.25) is 9.69 Å². The molecule has 1 aliphatic heterocycles. The maximum Gasteiger partial charge on any atom is 0.252 e. The number of thiophene rings is 1. The zero-order valence-electron chi connectivity index (χ0n) is 21.0. The summed E-state index contributed by atoms with van der Waals surface area (Å²) in [6.45, 7) is 1.88. The number of nitrogens with zero attached hydrogens (tertiary/aromatic N) is 4. The average molecular weight is 553 g/mol. The smallest absolute Gasteiger partial charge is 0.252 e. The average Bonchev–Trinajstić information content (AvgIpc) is 3.57. The number of benzene rings is 1. The van der Waals surface area contributed by atoms with Crippen molar-refractivity contribution in [1.29, 1.82) is 0 Å². The zero-order chi connectivity index (χ0) is 25.9. The standard InChI is InChI=1S/C24H32N4O5S3/c1-26(2)12-7-14-28(24-25-21-18(32-3)10-11-19(33-4)22(21)35-24)23(29)17-8-5-13-27(16-17)36(30,31)20-9-6-15-34-20/h6,9-11,15,17H,5,7-8,12-14,16H2,1-4H3. The number of carbonyl (C=O) groups is 1. The molecule has 0 aliphatic carbocycles. The molecule has 196 valence electrons. The Kier molecular flexibility index (Phi) is 8.51. The summed E-state index contributed by atoms with van der Waals surface area (Å²) in [6.07, 6.45) is 2.03. The van der Waals surface area contributed by atoms with Gasteiger partial charge < -0.3 is 14.4 Å². The van der Waals surface area contributed by atoms with Crippen LogP contribution in [0.25, 0.3) is 10.2 Å². The molecular weight excluding hydrogens is 520 g/mol. The highest BCUT2D eigenvalue weighted by Gasteiger charge is 2.36. The van der Waals surface area contributed by atoms with Gasteiger partial charge in [-0.05, 0) is 63.5 Å². The number of hydrogen-bond donors (Lipinski definition) is 0. The van der Waals surface area contributed by atoms with Crippen LogP contribution in [0, 0.1) is 5.92 Å². The highest BCUT2D eigenvalue weighted by molar-refractivity contribution is 7.91. The summed E-state index contributed by atoms with van der Waals surface area (Å²) in [5.74, 6) is 0.737. The first-order valence-electron chi connectivity index (χ1n) is 11.8. The predicted molar refractivity (Wildman–Crippen MR) is 144 cm³/mol. The summed E-state index contributed by atoms with van der Waals surface area (Å²) in [6, 6.07) is 6.97. The van der Waals surface area contributed by atoms with Crippen LogP contribution in [0.5, 0.6) is 11.5 Å². The van der Waals surface area contributed by atoms with Crippen molar-refractivity contribution in [1.82, 2.24) is 14.2 Å². The molecule has 9 nitrogen and oxygen atoms in total. The number of piperidine rings is 1. The molecular formula is C24H32N4O5S3. The molecule has 0 bridgehead atoms. The summed E-state index contributed by atoms with van der Waals surface area (Å²) in [4.78, 5) is 22.5. The lowest BCUT2D eigenvalue weighted by Gasteiger charge is -2.33. The molecule has 4 rings (SSSR count). The van der Waals surface area contributed by atoms with Gasteiger partial charge in [-0.25, -0.2) is 13.4 Å². The zero-order valence-corrected chi connectivity index (χ0v) is 23.4.